The molecular formula is C11H15N5O4. The lowest BCUT2D eigenvalue weighted by molar-refractivity contribution is -0.204. The van der Waals surface area contributed by atoms with Crippen LogP contribution in [0.4, 0.5) is 5.82 Å². The molecular weight excluding hydrogens is 266 g/mol. The van der Waals surface area contributed by atoms with Gasteiger partial charge in [-0.15, -0.1) is 0 Å². The number of nitrogens with two attached hydrogens (primary N) is 1. The van der Waals surface area contributed by atoms with Crippen molar-refractivity contribution in [1.82, 2.24) is 19.5 Å². The molecule has 1 aliphatic heterocycles. The minimum Gasteiger partial charge on any atom is -0.394 e. The van der Waals surface area contributed by atoms with Gasteiger partial charge in [0.05, 0.1) is 25.1 Å². The summed E-state index contributed by atoms with van der Waals surface area (Å²) in [6.45, 7) is -0.246. The number of hydrogen-bond donors (Lipinski definition) is 4. The minimum atomic E-state index is -1.15. The number of aliphatic hydroxyl groups is 3. The zero-order valence-electron chi connectivity index (χ0n) is 10.5. The Balaban J connectivity index is 2.03. The molecule has 3 rings (SSSR count). The van der Waals surface area contributed by atoms with E-state index in [0.29, 0.717) is 11.2 Å². The van der Waals surface area contributed by atoms with Crippen molar-refractivity contribution in [3.05, 3.63) is 12.7 Å². The largest absolute Gasteiger partial charge is 0.394 e. The van der Waals surface area contributed by atoms with Crippen LogP contribution in [0.3, 0.4) is 0 Å². The Bertz CT molecular complexity index is 618. The van der Waals surface area contributed by atoms with Crippen molar-refractivity contribution in [2.45, 2.75) is 31.0 Å². The number of imidazole rings is 1. The summed E-state index contributed by atoms with van der Waals surface area (Å²) in [6.07, 6.45) is -0.738. The second kappa shape index (κ2) is 4.94. The van der Waals surface area contributed by atoms with Crippen LogP contribution in [-0.4, -0.2) is 59.8 Å². The van der Waals surface area contributed by atoms with E-state index >= 15 is 0 Å². The summed E-state index contributed by atoms with van der Waals surface area (Å²) >= 11 is 0. The number of hydrogen-bond acceptors (Lipinski definition) is 8. The lowest BCUT2D eigenvalue weighted by Crippen LogP contribution is -2.46. The standard InChI is InChI=1S/C11H15N5O4/c12-9-7-10(14-3-13-9)16(4-15-7)11-8(19)6(18)1-5(2-17)20-11/h3-6,8,11,17-19H,1-2H2,(H2,12,13,14)/t5-,6?,8?,11+/m0/s1. The number of anilines is 1. The molecule has 0 amide bonds. The van der Waals surface area contributed by atoms with Crippen LogP contribution in [0.5, 0.6) is 0 Å². The first-order chi connectivity index (χ1) is 9.61. The second-order valence-corrected chi connectivity index (χ2v) is 4.71. The molecule has 2 aromatic rings. The Labute approximate surface area is 113 Å². The van der Waals surface area contributed by atoms with E-state index in [1.165, 1.54) is 17.2 Å². The van der Waals surface area contributed by atoms with Crippen LogP contribution in [-0.2, 0) is 4.74 Å². The van der Waals surface area contributed by atoms with Crippen LogP contribution in [0, 0.1) is 0 Å². The van der Waals surface area contributed by atoms with Crippen LogP contribution in [0.25, 0.3) is 11.2 Å². The maximum absolute atomic E-state index is 10.1. The van der Waals surface area contributed by atoms with E-state index in [1.54, 1.807) is 0 Å². The molecule has 1 aliphatic rings. The first-order valence-corrected chi connectivity index (χ1v) is 6.17. The predicted molar refractivity (Wildman–Crippen MR) is 67.4 cm³/mol. The molecule has 108 valence electrons. The number of nitrogens with zero attached hydrogens (tertiary/aromatic N) is 4. The number of rotatable bonds is 2. The van der Waals surface area contributed by atoms with Gasteiger partial charge in [0.25, 0.3) is 0 Å². The maximum Gasteiger partial charge on any atom is 0.167 e. The molecule has 0 radical (unpaired) electrons. The molecule has 2 aromatic heterocycles. The van der Waals surface area contributed by atoms with Crippen molar-refractivity contribution < 1.29 is 20.1 Å². The van der Waals surface area contributed by atoms with Gasteiger partial charge in [0.1, 0.15) is 17.9 Å². The van der Waals surface area contributed by atoms with Crippen molar-refractivity contribution in [2.24, 2.45) is 0 Å². The van der Waals surface area contributed by atoms with Gasteiger partial charge in [-0.1, -0.05) is 0 Å². The third-order valence-corrected chi connectivity index (χ3v) is 3.39. The molecule has 2 unspecified atom stereocenters. The summed E-state index contributed by atoms with van der Waals surface area (Å²) < 4.78 is 7.05. The highest BCUT2D eigenvalue weighted by molar-refractivity contribution is 5.81. The van der Waals surface area contributed by atoms with Crippen LogP contribution in [0.15, 0.2) is 12.7 Å². The van der Waals surface area contributed by atoms with Crippen LogP contribution < -0.4 is 5.73 Å². The average molecular weight is 281 g/mol. The van der Waals surface area contributed by atoms with Gasteiger partial charge in [-0.2, -0.15) is 0 Å². The minimum absolute atomic E-state index is 0.165. The Morgan fingerprint density at radius 3 is 2.90 bits per heavy atom. The predicted octanol–water partition coefficient (Wildman–Crippen LogP) is -1.59. The average Bonchev–Trinajstić information content (AvgIpc) is 2.87. The van der Waals surface area contributed by atoms with Gasteiger partial charge >= 0.3 is 0 Å². The number of aromatic nitrogens is 4. The van der Waals surface area contributed by atoms with E-state index in [9.17, 15) is 15.3 Å². The fraction of sp³-hybridized carbons (Fsp3) is 0.545. The second-order valence-electron chi connectivity index (χ2n) is 4.71. The molecule has 3 heterocycles. The summed E-state index contributed by atoms with van der Waals surface area (Å²) in [6, 6.07) is 0. The molecule has 20 heavy (non-hydrogen) atoms. The normalized spacial score (nSPS) is 30.8. The summed E-state index contributed by atoms with van der Waals surface area (Å²) in [7, 11) is 0. The SMILES string of the molecule is Nc1ncnc2c1ncn2[C@@H]1O[C@H](CO)CC(O)C1O. The topological polar surface area (TPSA) is 140 Å². The molecule has 0 aromatic carbocycles. The van der Waals surface area contributed by atoms with E-state index < -0.39 is 24.5 Å². The van der Waals surface area contributed by atoms with Gasteiger partial charge < -0.3 is 25.8 Å². The number of aliphatic hydroxyl groups excluding tert-OH is 3. The third-order valence-electron chi connectivity index (χ3n) is 3.39. The molecule has 9 heteroatoms. The molecule has 1 fully saturated rings. The lowest BCUT2D eigenvalue weighted by Gasteiger charge is -2.36. The van der Waals surface area contributed by atoms with E-state index in [0.717, 1.165) is 0 Å². The van der Waals surface area contributed by atoms with Crippen molar-refractivity contribution in [3.63, 3.8) is 0 Å². The van der Waals surface area contributed by atoms with Gasteiger partial charge in [0, 0.05) is 6.42 Å². The highest BCUT2D eigenvalue weighted by atomic mass is 16.5. The van der Waals surface area contributed by atoms with E-state index in [1.807, 2.05) is 0 Å². The Hall–Kier alpha value is -1.81. The Morgan fingerprint density at radius 1 is 1.35 bits per heavy atom. The Kier molecular flexibility index (Phi) is 3.26. The molecule has 5 N–H and O–H groups in total. The quantitative estimate of drug-likeness (QED) is 0.516. The van der Waals surface area contributed by atoms with Crippen molar-refractivity contribution in [2.75, 3.05) is 12.3 Å². The fourth-order valence-corrected chi connectivity index (χ4v) is 2.34. The number of fused-ring (bicyclic) bond motifs is 1. The smallest absolute Gasteiger partial charge is 0.167 e. The Morgan fingerprint density at radius 2 is 2.15 bits per heavy atom. The highest BCUT2D eigenvalue weighted by Gasteiger charge is 2.38. The zero-order valence-corrected chi connectivity index (χ0v) is 10.5. The van der Waals surface area contributed by atoms with Crippen molar-refractivity contribution in [1.29, 1.82) is 0 Å². The van der Waals surface area contributed by atoms with Gasteiger partial charge in [-0.05, 0) is 0 Å². The summed E-state index contributed by atoms with van der Waals surface area (Å²) in [5.41, 5.74) is 6.48. The van der Waals surface area contributed by atoms with Gasteiger partial charge in [0.2, 0.25) is 0 Å². The first kappa shape index (κ1) is 13.2. The molecule has 1 saturated heterocycles. The molecule has 0 saturated carbocycles. The molecule has 4 atom stereocenters. The third kappa shape index (κ3) is 2.00. The first-order valence-electron chi connectivity index (χ1n) is 6.17. The van der Waals surface area contributed by atoms with Crippen molar-refractivity contribution >= 4 is 17.0 Å². The summed E-state index contributed by atoms with van der Waals surface area (Å²) in [4.78, 5) is 12.0. The number of nitrogen functional groups attached to an aromatic ring is 1. The monoisotopic (exact) mass is 281 g/mol. The van der Waals surface area contributed by atoms with Crippen LogP contribution in [0.2, 0.25) is 0 Å². The molecule has 0 aliphatic carbocycles. The van der Waals surface area contributed by atoms with Gasteiger partial charge in [-0.25, -0.2) is 15.0 Å². The van der Waals surface area contributed by atoms with E-state index in [-0.39, 0.29) is 18.8 Å². The van der Waals surface area contributed by atoms with Crippen LogP contribution >= 0.6 is 0 Å². The molecule has 0 bridgehead atoms. The maximum atomic E-state index is 10.1. The fourth-order valence-electron chi connectivity index (χ4n) is 2.34. The molecule has 9 nitrogen and oxygen atoms in total. The van der Waals surface area contributed by atoms with E-state index in [4.69, 9.17) is 10.5 Å². The highest BCUT2D eigenvalue weighted by Crippen LogP contribution is 2.30. The zero-order chi connectivity index (χ0) is 14.3. The van der Waals surface area contributed by atoms with Gasteiger partial charge in [-0.3, -0.25) is 4.57 Å². The summed E-state index contributed by atoms with van der Waals surface area (Å²) in [5, 5.41) is 29.1. The van der Waals surface area contributed by atoms with E-state index in [2.05, 4.69) is 15.0 Å². The van der Waals surface area contributed by atoms with Crippen LogP contribution in [0.1, 0.15) is 12.6 Å². The molecule has 0 spiro atoms. The number of ether oxygens (including phenoxy) is 1. The summed E-state index contributed by atoms with van der Waals surface area (Å²) in [5.74, 6) is 0.221. The lowest BCUT2D eigenvalue weighted by atomic mass is 10.0. The van der Waals surface area contributed by atoms with Gasteiger partial charge in [0.15, 0.2) is 17.7 Å². The van der Waals surface area contributed by atoms with Crippen molar-refractivity contribution in [3.8, 4) is 0 Å².